The summed E-state index contributed by atoms with van der Waals surface area (Å²) in [6, 6.07) is 6.18. The zero-order valence-electron chi connectivity index (χ0n) is 9.97. The summed E-state index contributed by atoms with van der Waals surface area (Å²) >= 11 is 0. The first kappa shape index (κ1) is 13.7. The smallest absolute Gasteiger partial charge is 0.0994 e. The van der Waals surface area contributed by atoms with Gasteiger partial charge in [0.05, 0.1) is 24.3 Å². The van der Waals surface area contributed by atoms with Gasteiger partial charge in [0.15, 0.2) is 0 Å². The second-order valence-corrected chi connectivity index (χ2v) is 4.10. The van der Waals surface area contributed by atoms with E-state index in [1.807, 2.05) is 6.07 Å². The number of hydrogen-bond acceptors (Lipinski definition) is 2. The maximum atomic E-state index is 10.0. The first-order valence-corrected chi connectivity index (χ1v) is 5.40. The van der Waals surface area contributed by atoms with Gasteiger partial charge in [-0.1, -0.05) is 18.2 Å². The molecule has 0 spiro atoms. The largest absolute Gasteiger partial charge is 0.386 e. The van der Waals surface area contributed by atoms with Gasteiger partial charge >= 0.3 is 0 Å². The topological polar surface area (TPSA) is 48.9 Å². The molecule has 1 heterocycles. The Morgan fingerprint density at radius 1 is 1.29 bits per heavy atom. The highest BCUT2D eigenvalue weighted by Crippen LogP contribution is 2.21. The number of aromatic nitrogens is 2. The van der Waals surface area contributed by atoms with Crippen molar-refractivity contribution < 1.29 is 5.11 Å². The second kappa shape index (κ2) is 5.84. The highest BCUT2D eigenvalue weighted by molar-refractivity contribution is 5.85. The van der Waals surface area contributed by atoms with E-state index >= 15 is 0 Å². The minimum atomic E-state index is -0.512. The molecule has 3 nitrogen and oxygen atoms in total. The molecule has 0 saturated heterocycles. The maximum Gasteiger partial charge on any atom is 0.0994 e. The molecule has 2 aromatic rings. The lowest BCUT2D eigenvalue weighted by Crippen LogP contribution is -2.05. The van der Waals surface area contributed by atoms with Gasteiger partial charge in [0.25, 0.3) is 0 Å². The molecule has 0 aliphatic carbocycles. The number of halogens is 1. The molecular weight excluding hydrogens is 236 g/mol. The summed E-state index contributed by atoms with van der Waals surface area (Å²) in [5.41, 5.74) is 4.42. The average Bonchev–Trinajstić information content (AvgIpc) is 2.76. The third-order valence-electron chi connectivity index (χ3n) is 2.92. The molecule has 0 aliphatic rings. The van der Waals surface area contributed by atoms with E-state index in [0.717, 1.165) is 5.69 Å². The SMILES string of the molecule is Cc1cccc(C)c1CC(O)c1cnc[nH]1.Cl. The number of rotatable bonds is 3. The van der Waals surface area contributed by atoms with Gasteiger partial charge in [0.1, 0.15) is 0 Å². The molecule has 4 heteroatoms. The highest BCUT2D eigenvalue weighted by atomic mass is 35.5. The number of aliphatic hydroxyl groups is 1. The molecule has 1 aromatic carbocycles. The standard InChI is InChI=1S/C13H16N2O.ClH/c1-9-4-3-5-10(2)11(9)6-13(16)12-7-14-8-15-12;/h3-5,7-8,13,16H,6H2,1-2H3,(H,14,15);1H. The summed E-state index contributed by atoms with van der Waals surface area (Å²) in [5.74, 6) is 0. The lowest BCUT2D eigenvalue weighted by atomic mass is 9.97. The van der Waals surface area contributed by atoms with Crippen LogP contribution in [-0.4, -0.2) is 15.1 Å². The van der Waals surface area contributed by atoms with Gasteiger partial charge in [0, 0.05) is 6.42 Å². The normalized spacial score (nSPS) is 11.9. The molecular formula is C13H17ClN2O. The van der Waals surface area contributed by atoms with Crippen LogP contribution in [0.5, 0.6) is 0 Å². The molecule has 0 radical (unpaired) electrons. The van der Waals surface area contributed by atoms with Gasteiger partial charge in [-0.2, -0.15) is 0 Å². The number of imidazole rings is 1. The molecule has 0 amide bonds. The Balaban J connectivity index is 0.00000144. The molecule has 1 atom stereocenters. The molecule has 0 aliphatic heterocycles. The van der Waals surface area contributed by atoms with Gasteiger partial charge in [-0.25, -0.2) is 4.98 Å². The van der Waals surface area contributed by atoms with E-state index in [9.17, 15) is 5.11 Å². The predicted molar refractivity (Wildman–Crippen MR) is 70.4 cm³/mol. The Hall–Kier alpha value is -1.32. The molecule has 2 rings (SSSR count). The zero-order chi connectivity index (χ0) is 11.5. The highest BCUT2D eigenvalue weighted by Gasteiger charge is 2.12. The lowest BCUT2D eigenvalue weighted by molar-refractivity contribution is 0.173. The third-order valence-corrected chi connectivity index (χ3v) is 2.92. The van der Waals surface area contributed by atoms with E-state index in [1.165, 1.54) is 16.7 Å². The van der Waals surface area contributed by atoms with Crippen LogP contribution < -0.4 is 0 Å². The van der Waals surface area contributed by atoms with Gasteiger partial charge in [-0.15, -0.1) is 12.4 Å². The van der Waals surface area contributed by atoms with Crippen molar-refractivity contribution in [1.29, 1.82) is 0 Å². The second-order valence-electron chi connectivity index (χ2n) is 4.10. The maximum absolute atomic E-state index is 10.0. The van der Waals surface area contributed by atoms with Crippen molar-refractivity contribution in [3.05, 3.63) is 53.1 Å². The monoisotopic (exact) mass is 252 g/mol. The Morgan fingerprint density at radius 3 is 2.47 bits per heavy atom. The average molecular weight is 253 g/mol. The fourth-order valence-electron chi connectivity index (χ4n) is 1.92. The van der Waals surface area contributed by atoms with Crippen molar-refractivity contribution >= 4 is 12.4 Å². The predicted octanol–water partition coefficient (Wildman–Crippen LogP) is 2.72. The van der Waals surface area contributed by atoms with Crippen molar-refractivity contribution in [2.24, 2.45) is 0 Å². The molecule has 2 N–H and O–H groups in total. The van der Waals surface area contributed by atoms with Crippen LogP contribution in [0.3, 0.4) is 0 Å². The lowest BCUT2D eigenvalue weighted by Gasteiger charge is -2.13. The number of hydrogen-bond donors (Lipinski definition) is 2. The number of nitrogens with one attached hydrogen (secondary N) is 1. The fraction of sp³-hybridized carbons (Fsp3) is 0.308. The molecule has 1 aromatic heterocycles. The van der Waals surface area contributed by atoms with Crippen LogP contribution in [0.1, 0.15) is 28.5 Å². The zero-order valence-corrected chi connectivity index (χ0v) is 10.8. The van der Waals surface area contributed by atoms with Crippen LogP contribution >= 0.6 is 12.4 Å². The Morgan fingerprint density at radius 2 is 1.94 bits per heavy atom. The van der Waals surface area contributed by atoms with Crippen molar-refractivity contribution in [2.75, 3.05) is 0 Å². The van der Waals surface area contributed by atoms with Crippen LogP contribution in [0.2, 0.25) is 0 Å². The quantitative estimate of drug-likeness (QED) is 0.883. The van der Waals surface area contributed by atoms with Crippen LogP contribution in [0.4, 0.5) is 0 Å². The van der Waals surface area contributed by atoms with Crippen molar-refractivity contribution in [3.63, 3.8) is 0 Å². The van der Waals surface area contributed by atoms with Crippen molar-refractivity contribution in [1.82, 2.24) is 9.97 Å². The molecule has 0 bridgehead atoms. The van der Waals surface area contributed by atoms with Gasteiger partial charge in [-0.05, 0) is 30.5 Å². The molecule has 0 saturated carbocycles. The van der Waals surface area contributed by atoms with Gasteiger partial charge < -0.3 is 10.1 Å². The molecule has 1 unspecified atom stereocenters. The number of aryl methyl sites for hydroxylation is 2. The minimum absolute atomic E-state index is 0. The van der Waals surface area contributed by atoms with Crippen LogP contribution in [0.15, 0.2) is 30.7 Å². The third kappa shape index (κ3) is 3.08. The van der Waals surface area contributed by atoms with Crippen LogP contribution in [0, 0.1) is 13.8 Å². The fourth-order valence-corrected chi connectivity index (χ4v) is 1.92. The van der Waals surface area contributed by atoms with E-state index < -0.39 is 6.10 Å². The summed E-state index contributed by atoms with van der Waals surface area (Å²) in [5, 5.41) is 10.0. The van der Waals surface area contributed by atoms with E-state index in [0.29, 0.717) is 6.42 Å². The van der Waals surface area contributed by atoms with Crippen LogP contribution in [-0.2, 0) is 6.42 Å². The summed E-state index contributed by atoms with van der Waals surface area (Å²) < 4.78 is 0. The van der Waals surface area contributed by atoms with E-state index in [4.69, 9.17) is 0 Å². The van der Waals surface area contributed by atoms with Crippen molar-refractivity contribution in [2.45, 2.75) is 26.4 Å². The summed E-state index contributed by atoms with van der Waals surface area (Å²) in [6.07, 6.45) is 3.37. The first-order chi connectivity index (χ1) is 7.68. The van der Waals surface area contributed by atoms with Crippen molar-refractivity contribution in [3.8, 4) is 0 Å². The number of aliphatic hydroxyl groups excluding tert-OH is 1. The van der Waals surface area contributed by atoms with Gasteiger partial charge in [-0.3, -0.25) is 0 Å². The molecule has 92 valence electrons. The Kier molecular flexibility index (Phi) is 4.73. The minimum Gasteiger partial charge on any atom is -0.386 e. The number of H-pyrrole nitrogens is 1. The number of benzene rings is 1. The summed E-state index contributed by atoms with van der Waals surface area (Å²) in [7, 11) is 0. The van der Waals surface area contributed by atoms with E-state index in [-0.39, 0.29) is 12.4 Å². The van der Waals surface area contributed by atoms with E-state index in [1.54, 1.807) is 12.5 Å². The number of nitrogens with zero attached hydrogens (tertiary/aromatic N) is 1. The summed E-state index contributed by atoms with van der Waals surface area (Å²) in [4.78, 5) is 6.85. The van der Waals surface area contributed by atoms with E-state index in [2.05, 4.69) is 35.9 Å². The van der Waals surface area contributed by atoms with Crippen LogP contribution in [0.25, 0.3) is 0 Å². The summed E-state index contributed by atoms with van der Waals surface area (Å²) in [6.45, 7) is 4.14. The Bertz CT molecular complexity index is 448. The molecule has 17 heavy (non-hydrogen) atoms. The molecule has 0 fully saturated rings. The Labute approximate surface area is 107 Å². The number of aromatic amines is 1. The first-order valence-electron chi connectivity index (χ1n) is 5.40. The van der Waals surface area contributed by atoms with Gasteiger partial charge in [0.2, 0.25) is 0 Å².